The van der Waals surface area contributed by atoms with Crippen LogP contribution in [0.3, 0.4) is 0 Å². The zero-order valence-electron chi connectivity index (χ0n) is 23.1. The van der Waals surface area contributed by atoms with Crippen LogP contribution in [0.15, 0.2) is 48.5 Å². The van der Waals surface area contributed by atoms with Crippen LogP contribution in [0.5, 0.6) is 0 Å². The van der Waals surface area contributed by atoms with Gasteiger partial charge in [-0.25, -0.2) is 4.79 Å². The Hall–Kier alpha value is -2.56. The highest BCUT2D eigenvalue weighted by Gasteiger charge is 2.01. The maximum atomic E-state index is 10.8. The van der Waals surface area contributed by atoms with E-state index < -0.39 is 12.1 Å². The van der Waals surface area contributed by atoms with Crippen molar-refractivity contribution in [3.8, 4) is 11.8 Å². The van der Waals surface area contributed by atoms with E-state index in [1.807, 2.05) is 36.4 Å². The third kappa shape index (κ3) is 19.2. The molecule has 0 amide bonds. The molecule has 0 spiro atoms. The predicted molar refractivity (Wildman–Crippen MR) is 160 cm³/mol. The fraction of sp³-hybridized carbons (Fsp3) is 0.531. The summed E-state index contributed by atoms with van der Waals surface area (Å²) in [4.78, 5) is 10.8. The minimum Gasteiger partial charge on any atom is -0.478 e. The Morgan fingerprint density at radius 3 is 1.92 bits per heavy atom. The van der Waals surface area contributed by atoms with E-state index in [1.165, 1.54) is 51.4 Å². The number of aliphatic hydroxyl groups is 3. The van der Waals surface area contributed by atoms with Crippen LogP contribution in [0.25, 0.3) is 0 Å². The molecule has 2 aromatic rings. The molecule has 0 aliphatic carbocycles. The largest absolute Gasteiger partial charge is 0.478 e. The normalized spacial score (nSPS) is 11.1. The number of halogens is 1. The zero-order chi connectivity index (χ0) is 28.6. The zero-order valence-corrected chi connectivity index (χ0v) is 23.8. The lowest BCUT2D eigenvalue weighted by atomic mass is 10.1. The Labute approximate surface area is 239 Å². The van der Waals surface area contributed by atoms with Gasteiger partial charge in [0.1, 0.15) is 0 Å². The smallest absolute Gasteiger partial charge is 0.335 e. The minimum absolute atomic E-state index is 0.0204. The molecule has 7 heteroatoms. The van der Waals surface area contributed by atoms with Crippen LogP contribution in [0.4, 0.5) is 5.69 Å². The number of hydrogen-bond donors (Lipinski definition) is 5. The van der Waals surface area contributed by atoms with Gasteiger partial charge >= 0.3 is 5.97 Å². The average molecular weight is 560 g/mol. The summed E-state index contributed by atoms with van der Waals surface area (Å²) < 4.78 is 0. The van der Waals surface area contributed by atoms with Gasteiger partial charge in [0.2, 0.25) is 0 Å². The molecule has 0 heterocycles. The lowest BCUT2D eigenvalue weighted by Crippen LogP contribution is -2.08. The number of carbonyl (C=O) groups is 1. The molecular formula is C32H46ClNO5. The third-order valence-electron chi connectivity index (χ3n) is 6.17. The van der Waals surface area contributed by atoms with Crippen LogP contribution < -0.4 is 5.32 Å². The lowest BCUT2D eigenvalue weighted by molar-refractivity contribution is 0.0697. The van der Waals surface area contributed by atoms with Gasteiger partial charge in [-0.3, -0.25) is 0 Å². The summed E-state index contributed by atoms with van der Waals surface area (Å²) in [6.07, 6.45) is 13.5. The predicted octanol–water partition coefficient (Wildman–Crippen LogP) is 6.91. The molecule has 1 atom stereocenters. The monoisotopic (exact) mass is 559 g/mol. The number of nitrogens with one attached hydrogen (secondary N) is 1. The SMILES string of the molecule is O=C(O)c1ccc(NCCCCCCCCCCCC#Cc2ccc(Cl)cc2)cc1.OCCCC(O)CCO. The number of unbranched alkanes of at least 4 members (excludes halogenated alkanes) is 9. The summed E-state index contributed by atoms with van der Waals surface area (Å²) in [5.74, 6) is 5.55. The topological polar surface area (TPSA) is 110 Å². The summed E-state index contributed by atoms with van der Waals surface area (Å²) in [7, 11) is 0. The molecule has 0 aliphatic heterocycles. The first kappa shape index (κ1) is 34.5. The second kappa shape index (κ2) is 23.3. The molecule has 2 aromatic carbocycles. The number of carboxylic acids is 1. The Balaban J connectivity index is 0.000000724. The standard InChI is InChI=1S/C26H32ClNO2.C6H14O3/c27-24-17-13-22(14-18-24)12-10-8-6-4-2-1-3-5-7-9-11-21-28-25-19-15-23(16-20-25)26(29)30;7-4-1-2-6(9)3-5-8/h13-20,28H,1-9,11,21H2,(H,29,30);6-9H,1-5H2. The molecular weight excluding hydrogens is 514 g/mol. The lowest BCUT2D eigenvalue weighted by Gasteiger charge is -2.06. The van der Waals surface area contributed by atoms with Crippen molar-refractivity contribution in [1.29, 1.82) is 0 Å². The van der Waals surface area contributed by atoms with Crippen LogP contribution in [0.2, 0.25) is 5.02 Å². The molecule has 2 rings (SSSR count). The van der Waals surface area contributed by atoms with E-state index in [9.17, 15) is 4.79 Å². The minimum atomic E-state index is -0.885. The highest BCUT2D eigenvalue weighted by Crippen LogP contribution is 2.13. The molecule has 39 heavy (non-hydrogen) atoms. The van der Waals surface area contributed by atoms with Crippen molar-refractivity contribution in [3.05, 3.63) is 64.7 Å². The molecule has 0 saturated heterocycles. The Morgan fingerprint density at radius 1 is 0.769 bits per heavy atom. The number of anilines is 1. The van der Waals surface area contributed by atoms with Crippen molar-refractivity contribution in [2.24, 2.45) is 0 Å². The number of hydrogen-bond acceptors (Lipinski definition) is 5. The molecule has 0 bridgehead atoms. The van der Waals surface area contributed by atoms with Gasteiger partial charge in [0.05, 0.1) is 11.7 Å². The highest BCUT2D eigenvalue weighted by molar-refractivity contribution is 6.30. The third-order valence-corrected chi connectivity index (χ3v) is 6.43. The van der Waals surface area contributed by atoms with Gasteiger partial charge in [-0.05, 0) is 80.6 Å². The highest BCUT2D eigenvalue weighted by atomic mass is 35.5. The average Bonchev–Trinajstić information content (AvgIpc) is 2.94. The second-order valence-corrected chi connectivity index (χ2v) is 10.0. The molecule has 216 valence electrons. The van der Waals surface area contributed by atoms with Gasteiger partial charge in [-0.2, -0.15) is 0 Å². The number of aromatic carboxylic acids is 1. The van der Waals surface area contributed by atoms with Crippen LogP contribution in [-0.4, -0.2) is 52.3 Å². The van der Waals surface area contributed by atoms with Crippen LogP contribution in [0, 0.1) is 11.8 Å². The maximum Gasteiger partial charge on any atom is 0.335 e. The molecule has 1 unspecified atom stereocenters. The molecule has 0 aromatic heterocycles. The van der Waals surface area contributed by atoms with E-state index in [4.69, 9.17) is 32.0 Å². The van der Waals surface area contributed by atoms with Crippen molar-refractivity contribution < 1.29 is 25.2 Å². The van der Waals surface area contributed by atoms with Crippen LogP contribution in [0.1, 0.15) is 99.4 Å². The summed E-state index contributed by atoms with van der Waals surface area (Å²) in [5.41, 5.74) is 2.34. The van der Waals surface area contributed by atoms with E-state index in [0.29, 0.717) is 24.8 Å². The van der Waals surface area contributed by atoms with Gasteiger partial charge in [0.25, 0.3) is 0 Å². The van der Waals surface area contributed by atoms with E-state index in [0.717, 1.165) is 35.7 Å². The fourth-order valence-electron chi connectivity index (χ4n) is 3.86. The van der Waals surface area contributed by atoms with Crippen molar-refractivity contribution in [1.82, 2.24) is 0 Å². The van der Waals surface area contributed by atoms with Crippen LogP contribution in [-0.2, 0) is 0 Å². The van der Waals surface area contributed by atoms with E-state index in [1.54, 1.807) is 12.1 Å². The maximum absolute atomic E-state index is 10.8. The Morgan fingerprint density at radius 2 is 1.36 bits per heavy atom. The van der Waals surface area contributed by atoms with Crippen molar-refractivity contribution in [2.45, 2.75) is 89.6 Å². The first-order valence-electron chi connectivity index (χ1n) is 14.2. The Bertz CT molecular complexity index is 938. The molecule has 6 nitrogen and oxygen atoms in total. The summed E-state index contributed by atoms with van der Waals surface area (Å²) in [5, 5.41) is 38.5. The molecule has 0 fully saturated rings. The molecule has 5 N–H and O–H groups in total. The van der Waals surface area contributed by atoms with Gasteiger partial charge in [-0.15, -0.1) is 0 Å². The fourth-order valence-corrected chi connectivity index (χ4v) is 3.98. The number of carboxylic acid groups (broad SMARTS) is 1. The first-order chi connectivity index (χ1) is 19.0. The van der Waals surface area contributed by atoms with Gasteiger partial charge in [0.15, 0.2) is 0 Å². The quantitative estimate of drug-likeness (QED) is 0.100. The second-order valence-electron chi connectivity index (χ2n) is 9.58. The molecule has 0 saturated carbocycles. The number of rotatable bonds is 18. The van der Waals surface area contributed by atoms with Gasteiger partial charge in [-0.1, -0.05) is 68.4 Å². The van der Waals surface area contributed by atoms with Gasteiger partial charge < -0.3 is 25.7 Å². The van der Waals surface area contributed by atoms with E-state index in [2.05, 4.69) is 17.2 Å². The summed E-state index contributed by atoms with van der Waals surface area (Å²) >= 11 is 5.87. The Kier molecular flexibility index (Phi) is 20.6. The van der Waals surface area contributed by atoms with Crippen molar-refractivity contribution >= 4 is 23.3 Å². The number of aliphatic hydroxyl groups excluding tert-OH is 3. The molecule has 0 radical (unpaired) electrons. The van der Waals surface area contributed by atoms with Crippen molar-refractivity contribution in [3.63, 3.8) is 0 Å². The number of benzene rings is 2. The van der Waals surface area contributed by atoms with Crippen LogP contribution >= 0.6 is 11.6 Å². The van der Waals surface area contributed by atoms with Crippen molar-refractivity contribution in [2.75, 3.05) is 25.1 Å². The van der Waals surface area contributed by atoms with E-state index >= 15 is 0 Å². The summed E-state index contributed by atoms with van der Waals surface area (Å²) in [6, 6.07) is 14.6. The summed E-state index contributed by atoms with van der Waals surface area (Å²) in [6.45, 7) is 1.07. The van der Waals surface area contributed by atoms with E-state index in [-0.39, 0.29) is 13.2 Å². The van der Waals surface area contributed by atoms with Gasteiger partial charge in [0, 0.05) is 42.5 Å². The molecule has 0 aliphatic rings. The first-order valence-corrected chi connectivity index (χ1v) is 14.6.